The molecule has 0 heterocycles. The van der Waals surface area contributed by atoms with Gasteiger partial charge in [0.2, 0.25) is 0 Å². The molecule has 2 amide bonds. The maximum Gasteiger partial charge on any atom is 0.271 e. The van der Waals surface area contributed by atoms with Gasteiger partial charge in [-0.1, -0.05) is 30.3 Å². The van der Waals surface area contributed by atoms with E-state index in [1.807, 2.05) is 31.2 Å². The van der Waals surface area contributed by atoms with E-state index in [-0.39, 0.29) is 18.4 Å². The second-order valence-corrected chi connectivity index (χ2v) is 6.62. The molecule has 3 aromatic rings. The van der Waals surface area contributed by atoms with Crippen molar-refractivity contribution in [1.29, 1.82) is 0 Å². The molecule has 0 aliphatic rings. The molecule has 3 aromatic carbocycles. The molecule has 2 N–H and O–H groups in total. The Morgan fingerprint density at radius 2 is 1.68 bits per heavy atom. The van der Waals surface area contributed by atoms with Gasteiger partial charge < -0.3 is 14.8 Å². The Kier molecular flexibility index (Phi) is 7.37. The third-order valence-corrected chi connectivity index (χ3v) is 4.40. The molecule has 0 radical (unpaired) electrons. The van der Waals surface area contributed by atoms with Gasteiger partial charge in [0.05, 0.1) is 19.0 Å². The Balaban J connectivity index is 1.48. The van der Waals surface area contributed by atoms with Crippen molar-refractivity contribution >= 4 is 23.7 Å². The van der Waals surface area contributed by atoms with Crippen LogP contribution in [0.15, 0.2) is 77.9 Å². The van der Waals surface area contributed by atoms with Crippen LogP contribution >= 0.6 is 0 Å². The normalized spacial score (nSPS) is 10.5. The SMILES string of the molecule is COc1ccccc1NC(=O)COc1ccc(/C=N\NC(=O)c2ccccc2C)cc1. The molecule has 0 aromatic heterocycles. The summed E-state index contributed by atoms with van der Waals surface area (Å²) in [6.45, 7) is 1.73. The molecule has 7 heteroatoms. The van der Waals surface area contributed by atoms with Crippen LogP contribution in [0.4, 0.5) is 5.69 Å². The number of hydrazone groups is 1. The fraction of sp³-hybridized carbons (Fsp3) is 0.125. The quantitative estimate of drug-likeness (QED) is 0.431. The molecule has 0 fully saturated rings. The highest BCUT2D eigenvalue weighted by atomic mass is 16.5. The van der Waals surface area contributed by atoms with Crippen LogP contribution < -0.4 is 20.2 Å². The van der Waals surface area contributed by atoms with Crippen LogP contribution in [0, 0.1) is 6.92 Å². The maximum atomic E-state index is 12.1. The minimum absolute atomic E-state index is 0.141. The van der Waals surface area contributed by atoms with Crippen molar-refractivity contribution in [3.63, 3.8) is 0 Å². The second kappa shape index (κ2) is 10.6. The van der Waals surface area contributed by atoms with E-state index in [0.29, 0.717) is 22.7 Å². The highest BCUT2D eigenvalue weighted by Gasteiger charge is 2.08. The molecule has 0 unspecified atom stereocenters. The predicted octanol–water partition coefficient (Wildman–Crippen LogP) is 3.79. The zero-order valence-electron chi connectivity index (χ0n) is 17.3. The number of nitrogens with zero attached hydrogens (tertiary/aromatic N) is 1. The van der Waals surface area contributed by atoms with E-state index in [1.165, 1.54) is 6.21 Å². The molecule has 0 aliphatic carbocycles. The number of anilines is 1. The fourth-order valence-corrected chi connectivity index (χ4v) is 2.79. The van der Waals surface area contributed by atoms with Crippen LogP contribution in [-0.4, -0.2) is 31.7 Å². The summed E-state index contributed by atoms with van der Waals surface area (Å²) in [7, 11) is 1.54. The van der Waals surface area contributed by atoms with Crippen LogP contribution in [0.2, 0.25) is 0 Å². The molecule has 158 valence electrons. The Bertz CT molecular complexity index is 1080. The average Bonchev–Trinajstić information content (AvgIpc) is 2.79. The Hall–Kier alpha value is -4.13. The van der Waals surface area contributed by atoms with Crippen LogP contribution in [0.3, 0.4) is 0 Å². The van der Waals surface area contributed by atoms with E-state index in [2.05, 4.69) is 15.8 Å². The van der Waals surface area contributed by atoms with Gasteiger partial charge in [0, 0.05) is 5.56 Å². The topological polar surface area (TPSA) is 89.0 Å². The van der Waals surface area contributed by atoms with Crippen LogP contribution in [0.5, 0.6) is 11.5 Å². The van der Waals surface area contributed by atoms with E-state index in [1.54, 1.807) is 55.6 Å². The number of rotatable bonds is 8. The summed E-state index contributed by atoms with van der Waals surface area (Å²) in [6.07, 6.45) is 1.54. The highest BCUT2D eigenvalue weighted by molar-refractivity contribution is 5.96. The second-order valence-electron chi connectivity index (χ2n) is 6.62. The number of ether oxygens (including phenoxy) is 2. The first-order chi connectivity index (χ1) is 15.1. The average molecular weight is 417 g/mol. The third kappa shape index (κ3) is 6.17. The van der Waals surface area contributed by atoms with Crippen molar-refractivity contribution < 1.29 is 19.1 Å². The van der Waals surface area contributed by atoms with Gasteiger partial charge in [-0.15, -0.1) is 0 Å². The molecule has 0 atom stereocenters. The molecule has 0 saturated carbocycles. The molecular weight excluding hydrogens is 394 g/mol. The Morgan fingerprint density at radius 1 is 0.968 bits per heavy atom. The zero-order chi connectivity index (χ0) is 22.1. The van der Waals surface area contributed by atoms with Crippen LogP contribution in [0.1, 0.15) is 21.5 Å². The lowest BCUT2D eigenvalue weighted by Gasteiger charge is -2.10. The van der Waals surface area contributed by atoms with Gasteiger partial charge in [-0.25, -0.2) is 5.43 Å². The Morgan fingerprint density at radius 3 is 2.42 bits per heavy atom. The summed E-state index contributed by atoms with van der Waals surface area (Å²) < 4.78 is 10.7. The number of methoxy groups -OCH3 is 1. The summed E-state index contributed by atoms with van der Waals surface area (Å²) in [4.78, 5) is 24.3. The van der Waals surface area contributed by atoms with E-state index in [9.17, 15) is 9.59 Å². The Labute approximate surface area is 180 Å². The first kappa shape index (κ1) is 21.6. The molecule has 3 rings (SSSR count). The molecule has 0 bridgehead atoms. The van der Waals surface area contributed by atoms with Gasteiger partial charge in [0.15, 0.2) is 6.61 Å². The number of aryl methyl sites for hydroxylation is 1. The van der Waals surface area contributed by atoms with Crippen LogP contribution in [0.25, 0.3) is 0 Å². The first-order valence-corrected chi connectivity index (χ1v) is 9.61. The third-order valence-electron chi connectivity index (χ3n) is 4.40. The number of carbonyl (C=O) groups excluding carboxylic acids is 2. The molecule has 0 spiro atoms. The molecular formula is C24H23N3O4. The van der Waals surface area contributed by atoms with Crippen molar-refractivity contribution in [2.45, 2.75) is 6.92 Å². The van der Waals surface area contributed by atoms with E-state index >= 15 is 0 Å². The fourth-order valence-electron chi connectivity index (χ4n) is 2.79. The summed E-state index contributed by atoms with van der Waals surface area (Å²) >= 11 is 0. The number of amides is 2. The molecule has 0 aliphatic heterocycles. The van der Waals surface area contributed by atoms with Crippen molar-refractivity contribution in [3.8, 4) is 11.5 Å². The van der Waals surface area contributed by atoms with Gasteiger partial charge in [-0.3, -0.25) is 9.59 Å². The lowest BCUT2D eigenvalue weighted by molar-refractivity contribution is -0.118. The van der Waals surface area contributed by atoms with Gasteiger partial charge in [-0.2, -0.15) is 5.10 Å². The number of hydrogen-bond donors (Lipinski definition) is 2. The summed E-state index contributed by atoms with van der Waals surface area (Å²) in [5, 5.41) is 6.73. The minimum atomic E-state index is -0.297. The van der Waals surface area contributed by atoms with Crippen molar-refractivity contribution in [3.05, 3.63) is 89.5 Å². The van der Waals surface area contributed by atoms with Gasteiger partial charge in [0.1, 0.15) is 11.5 Å². The van der Waals surface area contributed by atoms with Gasteiger partial charge >= 0.3 is 0 Å². The number of nitrogens with one attached hydrogen (secondary N) is 2. The standard InChI is InChI=1S/C24H23N3O4/c1-17-7-3-4-8-20(17)24(29)27-25-15-18-11-13-19(14-12-18)31-16-23(28)26-21-9-5-6-10-22(21)30-2/h3-15H,16H2,1-2H3,(H,26,28)(H,27,29)/b25-15-. The monoisotopic (exact) mass is 417 g/mol. The van der Waals surface area contributed by atoms with E-state index in [4.69, 9.17) is 9.47 Å². The van der Waals surface area contributed by atoms with Crippen molar-refractivity contribution in [2.75, 3.05) is 19.0 Å². The first-order valence-electron chi connectivity index (χ1n) is 9.61. The smallest absolute Gasteiger partial charge is 0.271 e. The van der Waals surface area contributed by atoms with Crippen molar-refractivity contribution in [2.24, 2.45) is 5.10 Å². The van der Waals surface area contributed by atoms with Gasteiger partial charge in [0.25, 0.3) is 11.8 Å². The number of benzene rings is 3. The minimum Gasteiger partial charge on any atom is -0.495 e. The maximum absolute atomic E-state index is 12.1. The number of hydrogen-bond acceptors (Lipinski definition) is 5. The van der Waals surface area contributed by atoms with Crippen LogP contribution in [-0.2, 0) is 4.79 Å². The number of para-hydroxylation sites is 2. The largest absolute Gasteiger partial charge is 0.495 e. The lowest BCUT2D eigenvalue weighted by Crippen LogP contribution is -2.20. The summed E-state index contributed by atoms with van der Waals surface area (Å²) in [5.41, 5.74) is 5.33. The molecule has 31 heavy (non-hydrogen) atoms. The zero-order valence-corrected chi connectivity index (χ0v) is 17.3. The number of carbonyl (C=O) groups is 2. The van der Waals surface area contributed by atoms with E-state index in [0.717, 1.165) is 11.1 Å². The van der Waals surface area contributed by atoms with Crippen molar-refractivity contribution in [1.82, 2.24) is 5.43 Å². The summed E-state index contributed by atoms with van der Waals surface area (Å²) in [6, 6.07) is 21.4. The summed E-state index contributed by atoms with van der Waals surface area (Å²) in [5.74, 6) is 0.551. The van der Waals surface area contributed by atoms with E-state index < -0.39 is 0 Å². The lowest BCUT2D eigenvalue weighted by atomic mass is 10.1. The highest BCUT2D eigenvalue weighted by Crippen LogP contribution is 2.22. The predicted molar refractivity (Wildman–Crippen MR) is 120 cm³/mol. The molecule has 0 saturated heterocycles. The molecule has 7 nitrogen and oxygen atoms in total. The van der Waals surface area contributed by atoms with Gasteiger partial charge in [-0.05, 0) is 60.5 Å².